The lowest BCUT2D eigenvalue weighted by atomic mass is 10.0. The summed E-state index contributed by atoms with van der Waals surface area (Å²) in [5, 5.41) is 0. The van der Waals surface area contributed by atoms with Gasteiger partial charge in [0.05, 0.1) is 4.91 Å². The Hall–Kier alpha value is -1.59. The minimum atomic E-state index is -0.0857. The smallest absolute Gasteiger partial charge is 0.266 e. The third-order valence-corrected chi connectivity index (χ3v) is 4.98. The third-order valence-electron chi connectivity index (χ3n) is 3.65. The van der Waals surface area contributed by atoms with Crippen LogP contribution in [-0.2, 0) is 4.79 Å². The van der Waals surface area contributed by atoms with Crippen molar-refractivity contribution in [2.45, 2.75) is 32.9 Å². The van der Waals surface area contributed by atoms with E-state index in [9.17, 15) is 4.79 Å². The lowest BCUT2D eigenvalue weighted by Gasteiger charge is -2.23. The van der Waals surface area contributed by atoms with Gasteiger partial charge in [-0.05, 0) is 44.6 Å². The molecule has 0 aliphatic carbocycles. The van der Waals surface area contributed by atoms with Gasteiger partial charge in [0, 0.05) is 11.6 Å². The Balaban J connectivity index is 1.94. The quantitative estimate of drug-likeness (QED) is 0.605. The maximum Gasteiger partial charge on any atom is 0.266 e. The van der Waals surface area contributed by atoms with Crippen LogP contribution in [0.5, 0.6) is 5.75 Å². The first-order valence-electron chi connectivity index (χ1n) is 7.21. The molecule has 3 rings (SSSR count). The molecule has 0 saturated carbocycles. The summed E-state index contributed by atoms with van der Waals surface area (Å²) in [6.45, 7) is 5.92. The van der Waals surface area contributed by atoms with E-state index in [1.54, 1.807) is 4.90 Å². The third kappa shape index (κ3) is 2.71. The molecule has 3 nitrogen and oxygen atoms in total. The van der Waals surface area contributed by atoms with E-state index in [1.165, 1.54) is 11.8 Å². The summed E-state index contributed by atoms with van der Waals surface area (Å²) in [4.78, 5) is 14.8. The first-order valence-corrected chi connectivity index (χ1v) is 8.44. The van der Waals surface area contributed by atoms with Gasteiger partial charge >= 0.3 is 0 Å². The fourth-order valence-electron chi connectivity index (χ4n) is 2.50. The van der Waals surface area contributed by atoms with Gasteiger partial charge in [0.2, 0.25) is 0 Å². The standard InChI is InChI=1S/C17H17NO2S2/c1-10(2)18-16(19)15(22-17(18)21)9-13-8-12-6-4-5-7-14(12)20-11(13)3/h4-11H,1-3H3. The van der Waals surface area contributed by atoms with Crippen molar-refractivity contribution < 1.29 is 9.53 Å². The van der Waals surface area contributed by atoms with Crippen molar-refractivity contribution in [1.29, 1.82) is 0 Å². The first-order chi connectivity index (χ1) is 10.5. The van der Waals surface area contributed by atoms with Gasteiger partial charge in [0.15, 0.2) is 0 Å². The van der Waals surface area contributed by atoms with Crippen molar-refractivity contribution in [3.63, 3.8) is 0 Å². The second kappa shape index (κ2) is 5.89. The molecule has 1 aromatic carbocycles. The molecule has 1 saturated heterocycles. The Bertz CT molecular complexity index is 706. The number of hydrogen-bond acceptors (Lipinski definition) is 4. The summed E-state index contributed by atoms with van der Waals surface area (Å²) < 4.78 is 6.53. The molecule has 0 aromatic heterocycles. The van der Waals surface area contributed by atoms with Gasteiger partial charge in [0.1, 0.15) is 16.2 Å². The lowest BCUT2D eigenvalue weighted by molar-refractivity contribution is -0.123. The molecule has 2 aliphatic rings. The van der Waals surface area contributed by atoms with Crippen molar-refractivity contribution in [2.75, 3.05) is 0 Å². The molecule has 22 heavy (non-hydrogen) atoms. The van der Waals surface area contributed by atoms with E-state index in [0.29, 0.717) is 9.23 Å². The highest BCUT2D eigenvalue weighted by Gasteiger charge is 2.34. The van der Waals surface area contributed by atoms with Crippen molar-refractivity contribution in [2.24, 2.45) is 0 Å². The van der Waals surface area contributed by atoms with Crippen LogP contribution in [-0.4, -0.2) is 27.3 Å². The van der Waals surface area contributed by atoms with E-state index in [4.69, 9.17) is 17.0 Å². The number of hydrogen-bond donors (Lipinski definition) is 0. The van der Waals surface area contributed by atoms with Crippen LogP contribution in [0.15, 0.2) is 40.8 Å². The summed E-state index contributed by atoms with van der Waals surface area (Å²) in [7, 11) is 0. The maximum absolute atomic E-state index is 12.5. The zero-order chi connectivity index (χ0) is 15.9. The van der Waals surface area contributed by atoms with E-state index >= 15 is 0 Å². The van der Waals surface area contributed by atoms with Gasteiger partial charge in [-0.2, -0.15) is 0 Å². The monoisotopic (exact) mass is 331 g/mol. The molecule has 0 spiro atoms. The summed E-state index contributed by atoms with van der Waals surface area (Å²) in [5.74, 6) is 0.860. The SMILES string of the molecule is CC1Oc2ccccc2C=C1C=C1SC(=S)N(C(C)C)C1=O. The number of benzene rings is 1. The normalized spacial score (nSPS) is 22.9. The first kappa shape index (κ1) is 15.3. The Labute approximate surface area is 140 Å². The molecule has 2 aliphatic heterocycles. The van der Waals surface area contributed by atoms with Crippen LogP contribution in [0.1, 0.15) is 26.3 Å². The van der Waals surface area contributed by atoms with Crippen LogP contribution in [0.3, 0.4) is 0 Å². The number of carbonyl (C=O) groups excluding carboxylic acids is 1. The highest BCUT2D eigenvalue weighted by Crippen LogP contribution is 2.36. The average Bonchev–Trinajstić information content (AvgIpc) is 2.74. The highest BCUT2D eigenvalue weighted by atomic mass is 32.2. The summed E-state index contributed by atoms with van der Waals surface area (Å²) in [5.41, 5.74) is 2.02. The summed E-state index contributed by atoms with van der Waals surface area (Å²) in [6.07, 6.45) is 3.89. The molecule has 1 atom stereocenters. The topological polar surface area (TPSA) is 29.5 Å². The fourth-order valence-corrected chi connectivity index (χ4v) is 4.02. The molecule has 0 radical (unpaired) electrons. The van der Waals surface area contributed by atoms with Crippen LogP contribution < -0.4 is 4.74 Å². The number of ether oxygens (including phenoxy) is 1. The van der Waals surface area contributed by atoms with Crippen molar-refractivity contribution in [3.8, 4) is 5.75 Å². The minimum absolute atomic E-state index is 0.0167. The van der Waals surface area contributed by atoms with Crippen molar-refractivity contribution in [1.82, 2.24) is 4.90 Å². The number of nitrogens with zero attached hydrogens (tertiary/aromatic N) is 1. The molecule has 5 heteroatoms. The molecule has 2 heterocycles. The molecule has 1 aromatic rings. The molecule has 1 fully saturated rings. The van der Waals surface area contributed by atoms with Gasteiger partial charge in [-0.1, -0.05) is 42.2 Å². The zero-order valence-corrected chi connectivity index (χ0v) is 14.3. The Kier molecular flexibility index (Phi) is 4.10. The Morgan fingerprint density at radius 2 is 2.09 bits per heavy atom. The van der Waals surface area contributed by atoms with Crippen molar-refractivity contribution >= 4 is 40.3 Å². The van der Waals surface area contributed by atoms with Gasteiger partial charge in [-0.3, -0.25) is 9.69 Å². The van der Waals surface area contributed by atoms with E-state index in [1.807, 2.05) is 51.1 Å². The molecule has 0 N–H and O–H groups in total. The number of rotatable bonds is 2. The zero-order valence-electron chi connectivity index (χ0n) is 12.7. The Morgan fingerprint density at radius 3 is 2.77 bits per heavy atom. The van der Waals surface area contributed by atoms with Crippen LogP contribution in [0.4, 0.5) is 0 Å². The number of carbonyl (C=O) groups is 1. The van der Waals surface area contributed by atoms with E-state index in [2.05, 4.69) is 6.08 Å². The summed E-state index contributed by atoms with van der Waals surface area (Å²) in [6, 6.07) is 7.97. The predicted octanol–water partition coefficient (Wildman–Crippen LogP) is 4.00. The minimum Gasteiger partial charge on any atom is -0.485 e. The van der Waals surface area contributed by atoms with Crippen LogP contribution in [0, 0.1) is 0 Å². The number of para-hydroxylation sites is 1. The van der Waals surface area contributed by atoms with Gasteiger partial charge in [-0.15, -0.1) is 0 Å². The molecule has 0 bridgehead atoms. The lowest BCUT2D eigenvalue weighted by Crippen LogP contribution is -2.34. The van der Waals surface area contributed by atoms with Gasteiger partial charge in [0.25, 0.3) is 5.91 Å². The fraction of sp³-hybridized carbons (Fsp3) is 0.294. The molecular weight excluding hydrogens is 314 g/mol. The van der Waals surface area contributed by atoms with Crippen LogP contribution in [0.2, 0.25) is 0 Å². The number of amides is 1. The molecule has 114 valence electrons. The molecular formula is C17H17NO2S2. The van der Waals surface area contributed by atoms with Crippen molar-refractivity contribution in [3.05, 3.63) is 46.4 Å². The molecule has 1 amide bonds. The second-order valence-corrected chi connectivity index (χ2v) is 7.26. The number of thioether (sulfide) groups is 1. The van der Waals surface area contributed by atoms with Gasteiger partial charge in [-0.25, -0.2) is 0 Å². The van der Waals surface area contributed by atoms with Gasteiger partial charge < -0.3 is 4.74 Å². The highest BCUT2D eigenvalue weighted by molar-refractivity contribution is 8.26. The number of thiocarbonyl (C=S) groups is 1. The second-order valence-electron chi connectivity index (χ2n) is 5.59. The maximum atomic E-state index is 12.5. The van der Waals surface area contributed by atoms with Crippen LogP contribution in [0.25, 0.3) is 6.08 Å². The van der Waals surface area contributed by atoms with E-state index in [-0.39, 0.29) is 18.1 Å². The number of fused-ring (bicyclic) bond motifs is 1. The molecule has 1 unspecified atom stereocenters. The van der Waals surface area contributed by atoms with Crippen LogP contribution >= 0.6 is 24.0 Å². The van der Waals surface area contributed by atoms with E-state index in [0.717, 1.165) is 16.9 Å². The Morgan fingerprint density at radius 1 is 1.36 bits per heavy atom. The largest absolute Gasteiger partial charge is 0.485 e. The van der Waals surface area contributed by atoms with E-state index < -0.39 is 0 Å². The summed E-state index contributed by atoms with van der Waals surface area (Å²) >= 11 is 6.67. The average molecular weight is 331 g/mol. The predicted molar refractivity (Wildman–Crippen MR) is 94.8 cm³/mol.